The first-order chi connectivity index (χ1) is 7.74. The van der Waals surface area contributed by atoms with Crippen LogP contribution >= 0.6 is 0 Å². The summed E-state index contributed by atoms with van der Waals surface area (Å²) >= 11 is 0. The third-order valence-corrected chi connectivity index (χ3v) is 2.20. The molecule has 2 aromatic heterocycles. The van der Waals surface area contributed by atoms with Crippen LogP contribution < -0.4 is 5.73 Å². The van der Waals surface area contributed by atoms with Crippen molar-refractivity contribution in [3.05, 3.63) is 23.3 Å². The van der Waals surface area contributed by atoms with Crippen molar-refractivity contribution in [2.75, 3.05) is 0 Å². The molecule has 16 heavy (non-hydrogen) atoms. The van der Waals surface area contributed by atoms with Crippen LogP contribution in [-0.2, 0) is 13.0 Å². The van der Waals surface area contributed by atoms with E-state index < -0.39 is 0 Å². The quantitative estimate of drug-likeness (QED) is 0.823. The van der Waals surface area contributed by atoms with Crippen molar-refractivity contribution in [1.82, 2.24) is 20.4 Å². The Morgan fingerprint density at radius 1 is 1.25 bits per heavy atom. The molecular weight excluding hydrogens is 206 g/mol. The van der Waals surface area contributed by atoms with Crippen LogP contribution in [-0.4, -0.2) is 20.4 Å². The van der Waals surface area contributed by atoms with Crippen LogP contribution in [0.2, 0.25) is 0 Å². The molecule has 0 bridgehead atoms. The Bertz CT molecular complexity index is 494. The molecule has 0 fully saturated rings. The van der Waals surface area contributed by atoms with Crippen LogP contribution in [0.3, 0.4) is 0 Å². The van der Waals surface area contributed by atoms with Gasteiger partial charge >= 0.3 is 0 Å². The van der Waals surface area contributed by atoms with E-state index in [-0.39, 0.29) is 6.54 Å². The van der Waals surface area contributed by atoms with Gasteiger partial charge in [0.25, 0.3) is 0 Å². The Morgan fingerprint density at radius 2 is 2.06 bits per heavy atom. The van der Waals surface area contributed by atoms with Crippen molar-refractivity contribution in [2.45, 2.75) is 26.8 Å². The Hall–Kier alpha value is -1.82. The summed E-state index contributed by atoms with van der Waals surface area (Å²) in [6.07, 6.45) is 0.767. The average molecular weight is 219 g/mol. The second kappa shape index (κ2) is 4.36. The SMILES string of the molecule is CCc1nnc(C)cc1-c1nnc(CN)o1. The van der Waals surface area contributed by atoms with Gasteiger partial charge in [-0.15, -0.1) is 10.2 Å². The lowest BCUT2D eigenvalue weighted by molar-refractivity contribution is 0.507. The first-order valence-corrected chi connectivity index (χ1v) is 5.10. The largest absolute Gasteiger partial charge is 0.419 e. The highest BCUT2D eigenvalue weighted by Gasteiger charge is 2.13. The first-order valence-electron chi connectivity index (χ1n) is 5.10. The maximum Gasteiger partial charge on any atom is 0.249 e. The van der Waals surface area contributed by atoms with E-state index in [1.807, 2.05) is 19.9 Å². The lowest BCUT2D eigenvalue weighted by Gasteiger charge is -2.02. The molecule has 84 valence electrons. The predicted molar refractivity (Wildman–Crippen MR) is 57.3 cm³/mol. The fourth-order valence-corrected chi connectivity index (χ4v) is 1.41. The Morgan fingerprint density at radius 3 is 2.69 bits per heavy atom. The molecule has 0 amide bonds. The summed E-state index contributed by atoms with van der Waals surface area (Å²) in [5, 5.41) is 15.9. The molecule has 0 atom stereocenters. The summed E-state index contributed by atoms with van der Waals surface area (Å²) in [5.41, 5.74) is 7.92. The van der Waals surface area contributed by atoms with Crippen LogP contribution in [0, 0.1) is 6.92 Å². The first kappa shape index (κ1) is 10.7. The van der Waals surface area contributed by atoms with E-state index >= 15 is 0 Å². The highest BCUT2D eigenvalue weighted by molar-refractivity contribution is 5.56. The molecule has 0 aliphatic rings. The van der Waals surface area contributed by atoms with Crippen LogP contribution in [0.25, 0.3) is 11.5 Å². The zero-order valence-corrected chi connectivity index (χ0v) is 9.27. The monoisotopic (exact) mass is 219 g/mol. The van der Waals surface area contributed by atoms with Crippen LogP contribution in [0.5, 0.6) is 0 Å². The summed E-state index contributed by atoms with van der Waals surface area (Å²) < 4.78 is 5.40. The minimum Gasteiger partial charge on any atom is -0.419 e. The van der Waals surface area contributed by atoms with Crippen molar-refractivity contribution >= 4 is 0 Å². The Balaban J connectivity index is 2.49. The predicted octanol–water partition coefficient (Wildman–Crippen LogP) is 0.856. The number of aromatic nitrogens is 4. The van der Waals surface area contributed by atoms with Gasteiger partial charge < -0.3 is 10.2 Å². The minimum atomic E-state index is 0.242. The molecule has 0 aliphatic carbocycles. The topological polar surface area (TPSA) is 90.7 Å². The number of aryl methyl sites for hydroxylation is 2. The molecule has 0 spiro atoms. The lowest BCUT2D eigenvalue weighted by Crippen LogP contribution is -1.97. The second-order valence-corrected chi connectivity index (χ2v) is 3.40. The lowest BCUT2D eigenvalue weighted by atomic mass is 10.1. The second-order valence-electron chi connectivity index (χ2n) is 3.40. The van der Waals surface area contributed by atoms with Crippen molar-refractivity contribution in [1.29, 1.82) is 0 Å². The molecule has 6 heteroatoms. The van der Waals surface area contributed by atoms with E-state index in [2.05, 4.69) is 20.4 Å². The van der Waals surface area contributed by atoms with Gasteiger partial charge in [0, 0.05) is 0 Å². The van der Waals surface area contributed by atoms with Gasteiger partial charge in [0.2, 0.25) is 11.8 Å². The molecule has 0 unspecified atom stereocenters. The van der Waals surface area contributed by atoms with E-state index in [4.69, 9.17) is 10.2 Å². The summed E-state index contributed by atoms with van der Waals surface area (Å²) in [6, 6.07) is 1.89. The molecule has 0 aliphatic heterocycles. The van der Waals surface area contributed by atoms with E-state index in [0.29, 0.717) is 11.8 Å². The average Bonchev–Trinajstić information content (AvgIpc) is 2.77. The molecule has 0 aromatic carbocycles. The Labute approximate surface area is 92.9 Å². The fourth-order valence-electron chi connectivity index (χ4n) is 1.41. The van der Waals surface area contributed by atoms with Crippen LogP contribution in [0.4, 0.5) is 0 Å². The van der Waals surface area contributed by atoms with Gasteiger partial charge in [-0.25, -0.2) is 0 Å². The third-order valence-electron chi connectivity index (χ3n) is 2.20. The highest BCUT2D eigenvalue weighted by Crippen LogP contribution is 2.21. The van der Waals surface area contributed by atoms with Gasteiger partial charge in [0.15, 0.2) is 0 Å². The van der Waals surface area contributed by atoms with Crippen molar-refractivity contribution in [3.8, 4) is 11.5 Å². The van der Waals surface area contributed by atoms with Crippen LogP contribution in [0.15, 0.2) is 10.5 Å². The summed E-state index contributed by atoms with van der Waals surface area (Å²) in [7, 11) is 0. The van der Waals surface area contributed by atoms with Gasteiger partial charge in [0.1, 0.15) is 0 Å². The maximum absolute atomic E-state index is 5.42. The number of rotatable bonds is 3. The third kappa shape index (κ3) is 1.92. The summed E-state index contributed by atoms with van der Waals surface area (Å²) in [5.74, 6) is 0.877. The molecule has 0 saturated carbocycles. The summed E-state index contributed by atoms with van der Waals surface area (Å²) in [6.45, 7) is 4.12. The summed E-state index contributed by atoms with van der Waals surface area (Å²) in [4.78, 5) is 0. The Kier molecular flexibility index (Phi) is 2.91. The van der Waals surface area contributed by atoms with Crippen molar-refractivity contribution < 1.29 is 4.42 Å². The molecule has 2 aromatic rings. The van der Waals surface area contributed by atoms with Crippen LogP contribution in [0.1, 0.15) is 24.2 Å². The number of hydrogen-bond acceptors (Lipinski definition) is 6. The molecule has 2 rings (SSSR count). The maximum atomic E-state index is 5.42. The molecular formula is C10H13N5O. The van der Waals surface area contributed by atoms with E-state index in [0.717, 1.165) is 23.4 Å². The van der Waals surface area contributed by atoms with E-state index in [1.54, 1.807) is 0 Å². The standard InChI is InChI=1S/C10H13N5O/c1-3-8-7(4-6(2)12-13-8)10-15-14-9(5-11)16-10/h4H,3,5,11H2,1-2H3. The van der Waals surface area contributed by atoms with Gasteiger partial charge in [0.05, 0.1) is 23.5 Å². The smallest absolute Gasteiger partial charge is 0.249 e. The zero-order valence-electron chi connectivity index (χ0n) is 9.27. The van der Waals surface area contributed by atoms with Gasteiger partial charge in [-0.05, 0) is 19.4 Å². The molecule has 0 saturated heterocycles. The fraction of sp³-hybridized carbons (Fsp3) is 0.400. The van der Waals surface area contributed by atoms with E-state index in [9.17, 15) is 0 Å². The molecule has 6 nitrogen and oxygen atoms in total. The van der Waals surface area contributed by atoms with Gasteiger partial charge in [-0.2, -0.15) is 10.2 Å². The number of hydrogen-bond donors (Lipinski definition) is 1. The van der Waals surface area contributed by atoms with E-state index in [1.165, 1.54) is 0 Å². The van der Waals surface area contributed by atoms with Gasteiger partial charge in [-0.3, -0.25) is 0 Å². The molecule has 2 N–H and O–H groups in total. The van der Waals surface area contributed by atoms with Crippen molar-refractivity contribution in [2.24, 2.45) is 5.73 Å². The molecule has 2 heterocycles. The normalized spacial score (nSPS) is 10.7. The van der Waals surface area contributed by atoms with Crippen molar-refractivity contribution in [3.63, 3.8) is 0 Å². The number of nitrogens with two attached hydrogens (primary N) is 1. The minimum absolute atomic E-state index is 0.242. The molecule has 0 radical (unpaired) electrons. The zero-order chi connectivity index (χ0) is 11.5. The highest BCUT2D eigenvalue weighted by atomic mass is 16.4. The number of nitrogens with zero attached hydrogens (tertiary/aromatic N) is 4. The van der Waals surface area contributed by atoms with Gasteiger partial charge in [-0.1, -0.05) is 6.92 Å².